The Morgan fingerprint density at radius 2 is 1.85 bits per heavy atom. The van der Waals surface area contributed by atoms with Crippen molar-refractivity contribution in [2.45, 2.75) is 10.6 Å². The molecule has 2 rings (SSSR count). The maximum absolute atomic E-state index is 13.9. The first-order valence-corrected chi connectivity index (χ1v) is 10.5. The van der Waals surface area contributed by atoms with E-state index in [-0.39, 0.29) is 10.5 Å². The molecule has 1 amide bonds. The van der Waals surface area contributed by atoms with Crippen LogP contribution in [-0.2, 0) is 15.8 Å². The fraction of sp³-hybridized carbons (Fsp3) is 0.278. The Morgan fingerprint density at radius 3 is 2.50 bits per heavy atom. The number of hydrogen-bond donors (Lipinski definition) is 1. The number of thioether (sulfide) groups is 1. The van der Waals surface area contributed by atoms with E-state index >= 15 is 0 Å². The number of benzene rings is 2. The van der Waals surface area contributed by atoms with Crippen molar-refractivity contribution in [1.82, 2.24) is 9.62 Å². The fourth-order valence-corrected chi connectivity index (χ4v) is 3.89. The highest BCUT2D eigenvalue weighted by Crippen LogP contribution is 2.18. The van der Waals surface area contributed by atoms with Crippen molar-refractivity contribution >= 4 is 27.7 Å². The van der Waals surface area contributed by atoms with Crippen molar-refractivity contribution in [2.24, 2.45) is 0 Å². The summed E-state index contributed by atoms with van der Waals surface area (Å²) < 4.78 is 39.2. The molecule has 2 aromatic carbocycles. The fourth-order valence-electron chi connectivity index (χ4n) is 2.15. The molecule has 0 aliphatic rings. The molecule has 0 atom stereocenters. The van der Waals surface area contributed by atoms with E-state index in [1.165, 1.54) is 19.7 Å². The quantitative estimate of drug-likeness (QED) is 0.697. The number of halogens is 1. The number of rotatable bonds is 8. The lowest BCUT2D eigenvalue weighted by atomic mass is 10.2. The third kappa shape index (κ3) is 5.30. The van der Waals surface area contributed by atoms with E-state index < -0.39 is 21.7 Å². The van der Waals surface area contributed by atoms with E-state index in [0.29, 0.717) is 12.3 Å². The maximum Gasteiger partial charge on any atom is 0.254 e. The van der Waals surface area contributed by atoms with Crippen LogP contribution in [0.5, 0.6) is 0 Å². The number of hydrogen-bond acceptors (Lipinski definition) is 4. The molecule has 0 saturated heterocycles. The molecule has 0 radical (unpaired) electrons. The van der Waals surface area contributed by atoms with Gasteiger partial charge in [-0.25, -0.2) is 17.1 Å². The van der Waals surface area contributed by atoms with Crippen molar-refractivity contribution in [3.05, 3.63) is 65.5 Å². The largest absolute Gasteiger partial charge is 0.351 e. The molecule has 1 N–H and O–H groups in total. The number of nitrogens with zero attached hydrogens (tertiary/aromatic N) is 1. The standard InChI is InChI=1S/C18H21FN2O3S2/c1-21(2)26(23,24)15-8-9-17(19)16(12-15)18(22)20-10-11-25-13-14-6-4-3-5-7-14/h3-9,12H,10-11,13H2,1-2H3,(H,20,22). The van der Waals surface area contributed by atoms with Gasteiger partial charge in [0.15, 0.2) is 0 Å². The van der Waals surface area contributed by atoms with Gasteiger partial charge < -0.3 is 5.32 Å². The average Bonchev–Trinajstić information content (AvgIpc) is 2.62. The molecule has 0 saturated carbocycles. The minimum Gasteiger partial charge on any atom is -0.351 e. The first-order valence-electron chi connectivity index (χ1n) is 7.94. The molecule has 0 aromatic heterocycles. The minimum absolute atomic E-state index is 0.118. The SMILES string of the molecule is CN(C)S(=O)(=O)c1ccc(F)c(C(=O)NCCSCc2ccccc2)c1. The Kier molecular flexibility index (Phi) is 7.19. The Labute approximate surface area is 157 Å². The molecular formula is C18H21FN2O3S2. The minimum atomic E-state index is -3.73. The van der Waals surface area contributed by atoms with Crippen LogP contribution >= 0.6 is 11.8 Å². The van der Waals surface area contributed by atoms with Crippen molar-refractivity contribution in [1.29, 1.82) is 0 Å². The van der Waals surface area contributed by atoms with Crippen molar-refractivity contribution in [2.75, 3.05) is 26.4 Å². The highest BCUT2D eigenvalue weighted by molar-refractivity contribution is 7.98. The zero-order valence-corrected chi connectivity index (χ0v) is 16.2. The van der Waals surface area contributed by atoms with Gasteiger partial charge in [0.05, 0.1) is 10.5 Å². The van der Waals surface area contributed by atoms with E-state index in [0.717, 1.165) is 28.3 Å². The van der Waals surface area contributed by atoms with Crippen LogP contribution in [0.15, 0.2) is 53.4 Å². The summed E-state index contributed by atoms with van der Waals surface area (Å²) in [5, 5.41) is 2.63. The van der Waals surface area contributed by atoms with Crippen molar-refractivity contribution < 1.29 is 17.6 Å². The van der Waals surface area contributed by atoms with E-state index in [9.17, 15) is 17.6 Å². The van der Waals surface area contributed by atoms with Gasteiger partial charge in [-0.05, 0) is 23.8 Å². The smallest absolute Gasteiger partial charge is 0.254 e. The van der Waals surface area contributed by atoms with Gasteiger partial charge in [-0.15, -0.1) is 0 Å². The van der Waals surface area contributed by atoms with Crippen LogP contribution in [0.1, 0.15) is 15.9 Å². The molecule has 8 heteroatoms. The van der Waals surface area contributed by atoms with Gasteiger partial charge in [-0.3, -0.25) is 4.79 Å². The monoisotopic (exact) mass is 396 g/mol. The van der Waals surface area contributed by atoms with Crippen LogP contribution in [0.3, 0.4) is 0 Å². The van der Waals surface area contributed by atoms with E-state index in [1.54, 1.807) is 11.8 Å². The second kappa shape index (κ2) is 9.16. The number of nitrogens with one attached hydrogen (secondary N) is 1. The summed E-state index contributed by atoms with van der Waals surface area (Å²) in [5.74, 6) is 0.107. The lowest BCUT2D eigenvalue weighted by Crippen LogP contribution is -2.27. The number of carbonyl (C=O) groups is 1. The molecule has 0 aliphatic carbocycles. The highest BCUT2D eigenvalue weighted by atomic mass is 32.2. The highest BCUT2D eigenvalue weighted by Gasteiger charge is 2.21. The van der Waals surface area contributed by atoms with E-state index in [2.05, 4.69) is 5.32 Å². The number of sulfonamides is 1. The summed E-state index contributed by atoms with van der Waals surface area (Å²) in [4.78, 5) is 12.1. The van der Waals surface area contributed by atoms with Gasteiger partial charge in [0.1, 0.15) is 5.82 Å². The Hall–Kier alpha value is -1.90. The summed E-state index contributed by atoms with van der Waals surface area (Å²) in [6.45, 7) is 0.362. The molecule has 0 fully saturated rings. The van der Waals surface area contributed by atoms with Crippen molar-refractivity contribution in [3.63, 3.8) is 0 Å². The van der Waals surface area contributed by atoms with E-state index in [1.807, 2.05) is 30.3 Å². The zero-order chi connectivity index (χ0) is 19.2. The van der Waals surface area contributed by atoms with Crippen molar-refractivity contribution in [3.8, 4) is 0 Å². The topological polar surface area (TPSA) is 66.5 Å². The van der Waals surface area contributed by atoms with Gasteiger partial charge in [0.25, 0.3) is 5.91 Å². The molecule has 0 unspecified atom stereocenters. The normalized spacial score (nSPS) is 11.5. The van der Waals surface area contributed by atoms with Crippen LogP contribution in [-0.4, -0.2) is 45.0 Å². The molecule has 0 spiro atoms. The molecule has 140 valence electrons. The second-order valence-electron chi connectivity index (χ2n) is 5.72. The molecule has 0 aliphatic heterocycles. The van der Waals surface area contributed by atoms with Crippen LogP contribution in [0.2, 0.25) is 0 Å². The summed E-state index contributed by atoms with van der Waals surface area (Å²) in [7, 11) is -0.972. The number of carbonyl (C=O) groups excluding carboxylic acids is 1. The summed E-state index contributed by atoms with van der Waals surface area (Å²) in [5.41, 5.74) is 0.914. The van der Waals surface area contributed by atoms with Gasteiger partial charge in [-0.1, -0.05) is 30.3 Å². The summed E-state index contributed by atoms with van der Waals surface area (Å²) in [6.07, 6.45) is 0. The summed E-state index contributed by atoms with van der Waals surface area (Å²) >= 11 is 1.65. The van der Waals surface area contributed by atoms with Gasteiger partial charge in [0.2, 0.25) is 10.0 Å². The first kappa shape index (κ1) is 20.4. The maximum atomic E-state index is 13.9. The van der Waals surface area contributed by atoms with Gasteiger partial charge in [-0.2, -0.15) is 11.8 Å². The average molecular weight is 397 g/mol. The van der Waals surface area contributed by atoms with Crippen LogP contribution in [0, 0.1) is 5.82 Å². The second-order valence-corrected chi connectivity index (χ2v) is 8.98. The zero-order valence-electron chi connectivity index (χ0n) is 14.6. The lowest BCUT2D eigenvalue weighted by molar-refractivity contribution is 0.0952. The van der Waals surface area contributed by atoms with Gasteiger partial charge >= 0.3 is 0 Å². The van der Waals surface area contributed by atoms with Crippen LogP contribution in [0.25, 0.3) is 0 Å². The van der Waals surface area contributed by atoms with Crippen LogP contribution in [0.4, 0.5) is 4.39 Å². The Balaban J connectivity index is 1.93. The molecular weight excluding hydrogens is 375 g/mol. The summed E-state index contributed by atoms with van der Waals surface area (Å²) in [6, 6.07) is 13.1. The third-order valence-corrected chi connectivity index (χ3v) is 6.45. The van der Waals surface area contributed by atoms with Crippen LogP contribution < -0.4 is 5.32 Å². The van der Waals surface area contributed by atoms with E-state index in [4.69, 9.17) is 0 Å². The molecule has 26 heavy (non-hydrogen) atoms. The Bertz CT molecular complexity index is 856. The molecule has 2 aromatic rings. The predicted molar refractivity (Wildman–Crippen MR) is 102 cm³/mol. The number of amides is 1. The molecule has 5 nitrogen and oxygen atoms in total. The Morgan fingerprint density at radius 1 is 1.15 bits per heavy atom. The third-order valence-electron chi connectivity index (χ3n) is 3.60. The first-order chi connectivity index (χ1) is 12.3. The molecule has 0 heterocycles. The van der Waals surface area contributed by atoms with Gasteiger partial charge in [0, 0.05) is 32.1 Å². The molecule has 0 bridgehead atoms. The predicted octanol–water partition coefficient (Wildman–Crippen LogP) is 2.74. The lowest BCUT2D eigenvalue weighted by Gasteiger charge is -2.13.